The summed E-state index contributed by atoms with van der Waals surface area (Å²) in [6.07, 6.45) is 17.8. The van der Waals surface area contributed by atoms with Crippen LogP contribution in [0.15, 0.2) is 108 Å². The molecule has 0 spiro atoms. The third-order valence-corrected chi connectivity index (χ3v) is 5.15. The van der Waals surface area contributed by atoms with Crippen molar-refractivity contribution in [2.24, 2.45) is 10.9 Å². The van der Waals surface area contributed by atoms with Gasteiger partial charge < -0.3 is 0 Å². The zero-order valence-electron chi connectivity index (χ0n) is 16.7. The summed E-state index contributed by atoms with van der Waals surface area (Å²) in [5, 5.41) is 0. The second-order valence-corrected chi connectivity index (χ2v) is 7.66. The number of aliphatic imine (C=N–C) groups is 1. The highest BCUT2D eigenvalue weighted by atomic mass is 32.2. The molecule has 0 fully saturated rings. The first kappa shape index (κ1) is 21.5. The van der Waals surface area contributed by atoms with E-state index in [2.05, 4.69) is 63.6 Å². The largest absolute Gasteiger partial charge is 0.255 e. The highest BCUT2D eigenvalue weighted by Crippen LogP contribution is 2.29. The molecule has 0 saturated carbocycles. The van der Waals surface area contributed by atoms with Gasteiger partial charge in [-0.1, -0.05) is 93.6 Å². The van der Waals surface area contributed by atoms with Gasteiger partial charge in [-0.25, -0.2) is 0 Å². The molecule has 0 radical (unpaired) electrons. The van der Waals surface area contributed by atoms with Crippen molar-refractivity contribution in [3.8, 4) is 0 Å². The van der Waals surface area contributed by atoms with Crippen LogP contribution < -0.4 is 0 Å². The molecule has 1 aromatic carbocycles. The van der Waals surface area contributed by atoms with Crippen molar-refractivity contribution >= 4 is 29.6 Å². The van der Waals surface area contributed by atoms with E-state index in [-0.39, 0.29) is 5.92 Å². The topological polar surface area (TPSA) is 12.4 Å². The summed E-state index contributed by atoms with van der Waals surface area (Å²) < 4.78 is 0. The van der Waals surface area contributed by atoms with Gasteiger partial charge in [-0.05, 0) is 47.8 Å². The van der Waals surface area contributed by atoms with Crippen LogP contribution in [0.1, 0.15) is 30.5 Å². The first-order valence-corrected chi connectivity index (χ1v) is 10.0. The van der Waals surface area contributed by atoms with Crippen molar-refractivity contribution in [1.82, 2.24) is 0 Å². The minimum Gasteiger partial charge on any atom is -0.255 e. The van der Waals surface area contributed by atoms with E-state index in [1.54, 1.807) is 6.20 Å². The number of allylic oxidation sites excluding steroid dienone is 8. The Morgan fingerprint density at radius 3 is 2.57 bits per heavy atom. The molecule has 0 N–H and O–H groups in total. The van der Waals surface area contributed by atoms with Crippen molar-refractivity contribution in [2.75, 3.05) is 0 Å². The Morgan fingerprint density at radius 2 is 1.86 bits per heavy atom. The van der Waals surface area contributed by atoms with E-state index in [9.17, 15) is 0 Å². The lowest BCUT2D eigenvalue weighted by Crippen LogP contribution is -2.03. The summed E-state index contributed by atoms with van der Waals surface area (Å²) in [6.45, 7) is 20.6. The molecule has 1 nitrogen and oxygen atoms in total. The molecule has 0 bridgehead atoms. The van der Waals surface area contributed by atoms with Crippen molar-refractivity contribution in [1.29, 1.82) is 0 Å². The number of thioether (sulfide) groups is 1. The molecule has 2 rings (SSSR count). The summed E-state index contributed by atoms with van der Waals surface area (Å²) in [5.74, 6) is 0.233. The molecule has 142 valence electrons. The quantitative estimate of drug-likeness (QED) is 0.518. The molecule has 1 heterocycles. The highest BCUT2D eigenvalue weighted by molar-refractivity contribution is 8.07. The molecular formula is C26H27NS. The first-order chi connectivity index (χ1) is 13.5. The average Bonchev–Trinajstić information content (AvgIpc) is 2.69. The van der Waals surface area contributed by atoms with Gasteiger partial charge in [-0.2, -0.15) is 0 Å². The fourth-order valence-electron chi connectivity index (χ4n) is 2.65. The lowest BCUT2D eigenvalue weighted by Gasteiger charge is -2.12. The van der Waals surface area contributed by atoms with Gasteiger partial charge in [0.15, 0.2) is 0 Å². The van der Waals surface area contributed by atoms with Crippen LogP contribution in [-0.4, -0.2) is 5.71 Å². The molecule has 0 saturated heterocycles. The van der Waals surface area contributed by atoms with Gasteiger partial charge in [0.05, 0.1) is 5.71 Å². The van der Waals surface area contributed by atoms with E-state index in [1.165, 1.54) is 11.8 Å². The Kier molecular flexibility index (Phi) is 8.03. The van der Waals surface area contributed by atoms with Crippen LogP contribution in [0.3, 0.4) is 0 Å². The monoisotopic (exact) mass is 385 g/mol. The normalized spacial score (nSPS) is 23.9. The molecule has 2 heteroatoms. The van der Waals surface area contributed by atoms with Crippen LogP contribution >= 0.6 is 11.8 Å². The molecule has 1 unspecified atom stereocenters. The van der Waals surface area contributed by atoms with E-state index >= 15 is 0 Å². The van der Waals surface area contributed by atoms with Crippen molar-refractivity contribution < 1.29 is 0 Å². The van der Waals surface area contributed by atoms with Crippen LogP contribution in [0.25, 0.3) is 12.2 Å². The minimum absolute atomic E-state index is 0.233. The number of benzene rings is 1. The van der Waals surface area contributed by atoms with Crippen LogP contribution in [0.2, 0.25) is 0 Å². The van der Waals surface area contributed by atoms with Crippen molar-refractivity contribution in [3.05, 3.63) is 119 Å². The second kappa shape index (κ2) is 10.5. The zero-order chi connectivity index (χ0) is 20.5. The molecular weight excluding hydrogens is 358 g/mol. The Labute approximate surface area is 173 Å². The van der Waals surface area contributed by atoms with Crippen LogP contribution in [-0.2, 0) is 0 Å². The highest BCUT2D eigenvalue weighted by Gasteiger charge is 2.11. The van der Waals surface area contributed by atoms with E-state index < -0.39 is 0 Å². The number of nitrogens with zero attached hydrogens (tertiary/aromatic N) is 1. The van der Waals surface area contributed by atoms with Gasteiger partial charge >= 0.3 is 0 Å². The second-order valence-electron chi connectivity index (χ2n) is 6.44. The summed E-state index contributed by atoms with van der Waals surface area (Å²) in [6, 6.07) is 6.24. The Bertz CT molecular complexity index is 935. The molecule has 0 aliphatic carbocycles. The third kappa shape index (κ3) is 5.83. The van der Waals surface area contributed by atoms with Gasteiger partial charge in [0.1, 0.15) is 0 Å². The summed E-state index contributed by atoms with van der Waals surface area (Å²) in [5.41, 5.74) is 5.00. The SMILES string of the molecule is C=Cc1cc(/C2=N/C=C\C(=C)C(C)/C=C\C=C/C(=C)SC2=C)ccc1/C=C\C. The fraction of sp³-hybridized carbons (Fsp3) is 0.115. The van der Waals surface area contributed by atoms with Crippen LogP contribution in [0.4, 0.5) is 0 Å². The zero-order valence-corrected chi connectivity index (χ0v) is 17.5. The number of hydrogen-bond acceptors (Lipinski definition) is 2. The molecule has 1 aromatic rings. The van der Waals surface area contributed by atoms with Crippen molar-refractivity contribution in [2.45, 2.75) is 13.8 Å². The Morgan fingerprint density at radius 1 is 1.07 bits per heavy atom. The summed E-state index contributed by atoms with van der Waals surface area (Å²) in [4.78, 5) is 6.47. The van der Waals surface area contributed by atoms with Crippen LogP contribution in [0, 0.1) is 5.92 Å². The summed E-state index contributed by atoms with van der Waals surface area (Å²) in [7, 11) is 0. The number of hydrogen-bond donors (Lipinski definition) is 0. The number of rotatable bonds is 3. The van der Waals surface area contributed by atoms with Gasteiger partial charge in [-0.15, -0.1) is 0 Å². The Balaban J connectivity index is 2.52. The van der Waals surface area contributed by atoms with Crippen molar-refractivity contribution in [3.63, 3.8) is 0 Å². The molecule has 1 aliphatic rings. The third-order valence-electron chi connectivity index (χ3n) is 4.31. The maximum absolute atomic E-state index is 4.72. The minimum atomic E-state index is 0.233. The first-order valence-electron chi connectivity index (χ1n) is 9.20. The molecule has 0 aromatic heterocycles. The smallest absolute Gasteiger partial charge is 0.0835 e. The van der Waals surface area contributed by atoms with Crippen LogP contribution in [0.5, 0.6) is 0 Å². The predicted molar refractivity (Wildman–Crippen MR) is 129 cm³/mol. The molecule has 1 aliphatic heterocycles. The van der Waals surface area contributed by atoms with Gasteiger partial charge in [0.25, 0.3) is 0 Å². The molecule has 0 amide bonds. The van der Waals surface area contributed by atoms with Gasteiger partial charge in [-0.3, -0.25) is 4.99 Å². The van der Waals surface area contributed by atoms with E-state index in [0.29, 0.717) is 0 Å². The fourth-order valence-corrected chi connectivity index (χ4v) is 3.39. The molecule has 28 heavy (non-hydrogen) atoms. The van der Waals surface area contributed by atoms with Gasteiger partial charge in [0.2, 0.25) is 0 Å². The maximum Gasteiger partial charge on any atom is 0.0835 e. The van der Waals surface area contributed by atoms with E-state index in [4.69, 9.17) is 4.99 Å². The maximum atomic E-state index is 4.72. The van der Waals surface area contributed by atoms with E-state index in [1.807, 2.05) is 43.4 Å². The van der Waals surface area contributed by atoms with Gasteiger partial charge in [0, 0.05) is 21.6 Å². The summed E-state index contributed by atoms with van der Waals surface area (Å²) >= 11 is 1.52. The van der Waals surface area contributed by atoms with E-state index in [0.717, 1.165) is 37.8 Å². The predicted octanol–water partition coefficient (Wildman–Crippen LogP) is 7.74. The Hall–Kier alpha value is -2.84. The standard InChI is InChI=1S/C26H27NS/c1-7-11-24-14-15-25(18-23(24)8-2)26-22(6)28-21(5)13-10-9-12-19(3)20(4)16-17-27-26/h7-19H,2,4-6H2,1,3H3/b11-7-,12-9-,13-10-,17-16-,27-26+. The molecule has 1 atom stereocenters. The lowest BCUT2D eigenvalue weighted by atomic mass is 10.0. The average molecular weight is 386 g/mol. The lowest BCUT2D eigenvalue weighted by molar-refractivity contribution is 0.895.